The molecule has 0 aliphatic rings. The Bertz CT molecular complexity index is 327. The van der Waals surface area contributed by atoms with Crippen LogP contribution in [-0.4, -0.2) is 15.3 Å². The molecule has 0 spiro atoms. The molecule has 0 atom stereocenters. The minimum absolute atomic E-state index is 0.0107. The van der Waals surface area contributed by atoms with E-state index in [-0.39, 0.29) is 12.1 Å². The monoisotopic (exact) mass is 184 g/mol. The standard InChI is InChI=1S/C7H8N2O4/c10-5-2-1-4(3-8-9-13)6(11)7(5)12/h1-2,10-12H,3H2,(H,8,13). The fourth-order valence-electron chi connectivity index (χ4n) is 0.871. The van der Waals surface area contributed by atoms with E-state index in [1.54, 1.807) is 0 Å². The molecule has 0 saturated heterocycles. The van der Waals surface area contributed by atoms with E-state index in [0.717, 1.165) is 0 Å². The molecule has 1 rings (SSSR count). The number of nitrogens with one attached hydrogen (secondary N) is 1. The molecule has 6 nitrogen and oxygen atoms in total. The number of aromatic hydroxyl groups is 3. The number of rotatable bonds is 3. The number of hydrogen-bond acceptors (Lipinski definition) is 5. The lowest BCUT2D eigenvalue weighted by molar-refractivity contribution is 0.364. The van der Waals surface area contributed by atoms with Crippen molar-refractivity contribution in [3.8, 4) is 17.2 Å². The van der Waals surface area contributed by atoms with Crippen LogP contribution in [0.15, 0.2) is 17.4 Å². The van der Waals surface area contributed by atoms with Gasteiger partial charge < -0.3 is 15.3 Å². The molecule has 0 saturated carbocycles. The van der Waals surface area contributed by atoms with Gasteiger partial charge in [0.2, 0.25) is 5.75 Å². The van der Waals surface area contributed by atoms with Crippen LogP contribution in [0, 0.1) is 4.91 Å². The van der Waals surface area contributed by atoms with Crippen molar-refractivity contribution in [2.45, 2.75) is 6.54 Å². The summed E-state index contributed by atoms with van der Waals surface area (Å²) in [6, 6.07) is 2.57. The van der Waals surface area contributed by atoms with Crippen LogP contribution in [0.25, 0.3) is 0 Å². The first kappa shape index (κ1) is 9.11. The second kappa shape index (κ2) is 3.61. The van der Waals surface area contributed by atoms with Gasteiger partial charge in [-0.25, -0.2) is 0 Å². The summed E-state index contributed by atoms with van der Waals surface area (Å²) >= 11 is 0. The molecule has 4 N–H and O–H groups in total. The van der Waals surface area contributed by atoms with Crippen molar-refractivity contribution in [1.29, 1.82) is 0 Å². The molecule has 0 amide bonds. The summed E-state index contributed by atoms with van der Waals surface area (Å²) < 4.78 is 0. The lowest BCUT2D eigenvalue weighted by atomic mass is 10.2. The van der Waals surface area contributed by atoms with Crippen molar-refractivity contribution < 1.29 is 15.3 Å². The molecule has 0 aliphatic heterocycles. The molecule has 0 fully saturated rings. The third-order valence-electron chi connectivity index (χ3n) is 1.55. The van der Waals surface area contributed by atoms with E-state index in [9.17, 15) is 10.0 Å². The summed E-state index contributed by atoms with van der Waals surface area (Å²) in [4.78, 5) is 9.69. The second-order valence-corrected chi connectivity index (χ2v) is 2.37. The fraction of sp³-hybridized carbons (Fsp3) is 0.143. The van der Waals surface area contributed by atoms with Crippen LogP contribution in [0.5, 0.6) is 17.2 Å². The van der Waals surface area contributed by atoms with Crippen molar-refractivity contribution in [2.75, 3.05) is 0 Å². The SMILES string of the molecule is O=NNCc1ccc(O)c(O)c1O. The molecule has 70 valence electrons. The van der Waals surface area contributed by atoms with Gasteiger partial charge in [0.1, 0.15) is 0 Å². The van der Waals surface area contributed by atoms with Gasteiger partial charge in [-0.1, -0.05) is 0 Å². The Morgan fingerprint density at radius 1 is 1.23 bits per heavy atom. The first-order valence-electron chi connectivity index (χ1n) is 3.44. The van der Waals surface area contributed by atoms with E-state index < -0.39 is 17.2 Å². The number of phenolic OH excluding ortho intramolecular Hbond substituents is 3. The molecule has 0 aromatic heterocycles. The average molecular weight is 184 g/mol. The van der Waals surface area contributed by atoms with Crippen molar-refractivity contribution in [3.63, 3.8) is 0 Å². The van der Waals surface area contributed by atoms with E-state index >= 15 is 0 Å². The maximum Gasteiger partial charge on any atom is 0.200 e. The molecule has 0 radical (unpaired) electrons. The smallest absolute Gasteiger partial charge is 0.200 e. The van der Waals surface area contributed by atoms with Gasteiger partial charge in [0, 0.05) is 10.8 Å². The van der Waals surface area contributed by atoms with E-state index in [2.05, 4.69) is 10.7 Å². The summed E-state index contributed by atoms with van der Waals surface area (Å²) in [6.07, 6.45) is 0. The van der Waals surface area contributed by atoms with Gasteiger partial charge >= 0.3 is 0 Å². The fourth-order valence-corrected chi connectivity index (χ4v) is 0.871. The normalized spacial score (nSPS) is 9.54. The molecular weight excluding hydrogens is 176 g/mol. The van der Waals surface area contributed by atoms with Crippen molar-refractivity contribution in [1.82, 2.24) is 5.43 Å². The van der Waals surface area contributed by atoms with Gasteiger partial charge in [-0.05, 0) is 12.1 Å². The molecule has 0 heterocycles. The molecular formula is C7H8N2O4. The Labute approximate surface area is 73.4 Å². The number of nitrogens with zero attached hydrogens (tertiary/aromatic N) is 1. The van der Waals surface area contributed by atoms with Gasteiger partial charge in [0.05, 0.1) is 6.54 Å². The predicted molar refractivity (Wildman–Crippen MR) is 44.1 cm³/mol. The quantitative estimate of drug-likeness (QED) is 0.312. The van der Waals surface area contributed by atoms with Gasteiger partial charge in [-0.3, -0.25) is 5.43 Å². The molecule has 1 aromatic rings. The van der Waals surface area contributed by atoms with Crippen LogP contribution in [-0.2, 0) is 6.54 Å². The number of phenols is 3. The van der Waals surface area contributed by atoms with Gasteiger partial charge in [-0.15, -0.1) is 4.91 Å². The largest absolute Gasteiger partial charge is 0.504 e. The Kier molecular flexibility index (Phi) is 2.53. The maximum atomic E-state index is 9.69. The average Bonchev–Trinajstić information content (AvgIpc) is 2.13. The first-order chi connectivity index (χ1) is 6.16. The lowest BCUT2D eigenvalue weighted by Crippen LogP contribution is -2.03. The predicted octanol–water partition coefficient (Wildman–Crippen LogP) is 0.574. The summed E-state index contributed by atoms with van der Waals surface area (Å²) in [5, 5.41) is 29.6. The van der Waals surface area contributed by atoms with Crippen LogP contribution in [0.1, 0.15) is 5.56 Å². The summed E-state index contributed by atoms with van der Waals surface area (Å²) in [7, 11) is 0. The van der Waals surface area contributed by atoms with Crippen LogP contribution in [0.3, 0.4) is 0 Å². The summed E-state index contributed by atoms with van der Waals surface area (Å²) in [5.74, 6) is -1.48. The summed E-state index contributed by atoms with van der Waals surface area (Å²) in [5.41, 5.74) is 2.34. The maximum absolute atomic E-state index is 9.69. The molecule has 1 aromatic carbocycles. The molecule has 6 heteroatoms. The zero-order valence-electron chi connectivity index (χ0n) is 6.56. The zero-order valence-corrected chi connectivity index (χ0v) is 6.56. The van der Waals surface area contributed by atoms with Gasteiger partial charge in [0.25, 0.3) is 0 Å². The van der Waals surface area contributed by atoms with E-state index in [1.807, 2.05) is 0 Å². The Morgan fingerprint density at radius 2 is 1.92 bits per heavy atom. The molecule has 13 heavy (non-hydrogen) atoms. The van der Waals surface area contributed by atoms with Crippen molar-refractivity contribution in [2.24, 2.45) is 5.29 Å². The minimum atomic E-state index is -0.606. The van der Waals surface area contributed by atoms with E-state index in [0.29, 0.717) is 0 Å². The van der Waals surface area contributed by atoms with Gasteiger partial charge in [0.15, 0.2) is 11.5 Å². The topological polar surface area (TPSA) is 102 Å². The van der Waals surface area contributed by atoms with Crippen LogP contribution < -0.4 is 5.43 Å². The molecule has 0 bridgehead atoms. The summed E-state index contributed by atoms with van der Waals surface area (Å²) in [6.45, 7) is -0.0107. The number of benzene rings is 1. The highest BCUT2D eigenvalue weighted by Gasteiger charge is 2.09. The Morgan fingerprint density at radius 3 is 2.54 bits per heavy atom. The lowest BCUT2D eigenvalue weighted by Gasteiger charge is -2.05. The highest BCUT2D eigenvalue weighted by molar-refractivity contribution is 5.52. The third-order valence-corrected chi connectivity index (χ3v) is 1.55. The number of nitroso groups, excluding NO2 is 1. The highest BCUT2D eigenvalue weighted by Crippen LogP contribution is 2.36. The second-order valence-electron chi connectivity index (χ2n) is 2.37. The third kappa shape index (κ3) is 1.78. The Hall–Kier alpha value is -1.98. The van der Waals surface area contributed by atoms with Crippen LogP contribution in [0.4, 0.5) is 0 Å². The van der Waals surface area contributed by atoms with Crippen molar-refractivity contribution >= 4 is 0 Å². The van der Waals surface area contributed by atoms with E-state index in [1.165, 1.54) is 12.1 Å². The van der Waals surface area contributed by atoms with E-state index in [4.69, 9.17) is 10.2 Å². The van der Waals surface area contributed by atoms with Gasteiger partial charge in [-0.2, -0.15) is 0 Å². The minimum Gasteiger partial charge on any atom is -0.504 e. The highest BCUT2D eigenvalue weighted by atomic mass is 16.3. The Balaban J connectivity index is 2.96. The van der Waals surface area contributed by atoms with Crippen LogP contribution in [0.2, 0.25) is 0 Å². The molecule has 0 unspecified atom stereocenters. The first-order valence-corrected chi connectivity index (χ1v) is 3.44. The van der Waals surface area contributed by atoms with Crippen LogP contribution >= 0.6 is 0 Å². The van der Waals surface area contributed by atoms with Crippen molar-refractivity contribution in [3.05, 3.63) is 22.6 Å². The molecule has 0 aliphatic carbocycles. The number of hydrogen-bond donors (Lipinski definition) is 4. The zero-order chi connectivity index (χ0) is 9.84.